The van der Waals surface area contributed by atoms with E-state index in [1.807, 2.05) is 0 Å². The minimum atomic E-state index is 0.568. The van der Waals surface area contributed by atoms with E-state index in [1.165, 1.54) is 51.6 Å². The number of ether oxygens (including phenoxy) is 1. The second-order valence-corrected chi connectivity index (χ2v) is 5.79. The Morgan fingerprint density at radius 3 is 2.56 bits per heavy atom. The number of rotatable bonds is 6. The molecule has 0 aromatic heterocycles. The molecule has 2 fully saturated rings. The summed E-state index contributed by atoms with van der Waals surface area (Å²) in [7, 11) is 0. The SMILES string of the molecule is CCCC[C@H](CCC)N1CC2(CCOC2)C1. The Labute approximate surface area is 100 Å². The Hall–Kier alpha value is -0.0800. The third kappa shape index (κ3) is 2.60. The molecule has 2 heteroatoms. The summed E-state index contributed by atoms with van der Waals surface area (Å²) in [6.45, 7) is 9.25. The van der Waals surface area contributed by atoms with Crippen molar-refractivity contribution in [2.24, 2.45) is 5.41 Å². The van der Waals surface area contributed by atoms with Crippen molar-refractivity contribution < 1.29 is 4.74 Å². The van der Waals surface area contributed by atoms with Crippen molar-refractivity contribution in [1.29, 1.82) is 0 Å². The standard InChI is InChI=1S/C14H27NO/c1-3-5-7-13(6-4-2)15-10-14(11-15)8-9-16-12-14/h13H,3-12H2,1-2H3/t13-/m0/s1. The zero-order valence-corrected chi connectivity index (χ0v) is 11.0. The number of unbranched alkanes of at least 4 members (excludes halogenated alkanes) is 1. The van der Waals surface area contributed by atoms with Gasteiger partial charge in [-0.1, -0.05) is 33.1 Å². The molecule has 2 saturated heterocycles. The van der Waals surface area contributed by atoms with Gasteiger partial charge in [0, 0.05) is 31.2 Å². The molecule has 2 aliphatic heterocycles. The molecule has 0 amide bonds. The Morgan fingerprint density at radius 1 is 1.19 bits per heavy atom. The van der Waals surface area contributed by atoms with E-state index in [0.29, 0.717) is 5.41 Å². The zero-order chi connectivity index (χ0) is 11.4. The van der Waals surface area contributed by atoms with Crippen molar-refractivity contribution in [2.75, 3.05) is 26.3 Å². The maximum Gasteiger partial charge on any atom is 0.0547 e. The predicted octanol–water partition coefficient (Wildman–Crippen LogP) is 3.07. The van der Waals surface area contributed by atoms with E-state index in [1.54, 1.807) is 0 Å². The van der Waals surface area contributed by atoms with Crippen molar-refractivity contribution in [3.05, 3.63) is 0 Å². The Morgan fingerprint density at radius 2 is 2.00 bits per heavy atom. The molecule has 2 nitrogen and oxygen atoms in total. The first-order valence-corrected chi connectivity index (χ1v) is 7.11. The third-order valence-corrected chi connectivity index (χ3v) is 4.29. The van der Waals surface area contributed by atoms with Crippen LogP contribution in [0.3, 0.4) is 0 Å². The monoisotopic (exact) mass is 225 g/mol. The van der Waals surface area contributed by atoms with E-state index in [9.17, 15) is 0 Å². The van der Waals surface area contributed by atoms with Crippen LogP contribution >= 0.6 is 0 Å². The normalized spacial score (nSPS) is 25.9. The highest BCUT2D eigenvalue weighted by atomic mass is 16.5. The van der Waals surface area contributed by atoms with Crippen LogP contribution in [0.4, 0.5) is 0 Å². The van der Waals surface area contributed by atoms with Gasteiger partial charge in [-0.25, -0.2) is 0 Å². The van der Waals surface area contributed by atoms with E-state index >= 15 is 0 Å². The summed E-state index contributed by atoms with van der Waals surface area (Å²) in [5.74, 6) is 0. The summed E-state index contributed by atoms with van der Waals surface area (Å²) >= 11 is 0. The molecule has 16 heavy (non-hydrogen) atoms. The van der Waals surface area contributed by atoms with Crippen LogP contribution in [0.2, 0.25) is 0 Å². The van der Waals surface area contributed by atoms with Gasteiger partial charge in [0.2, 0.25) is 0 Å². The molecule has 0 radical (unpaired) electrons. The van der Waals surface area contributed by atoms with Gasteiger partial charge in [0.05, 0.1) is 6.61 Å². The molecule has 0 saturated carbocycles. The fourth-order valence-corrected chi connectivity index (χ4v) is 3.25. The quantitative estimate of drug-likeness (QED) is 0.689. The second-order valence-electron chi connectivity index (χ2n) is 5.79. The minimum absolute atomic E-state index is 0.568. The molecule has 0 unspecified atom stereocenters. The second kappa shape index (κ2) is 5.50. The molecule has 0 aromatic rings. The Bertz CT molecular complexity index is 203. The molecule has 1 spiro atoms. The molecule has 2 heterocycles. The summed E-state index contributed by atoms with van der Waals surface area (Å²) in [6, 6.07) is 0.858. The molecule has 2 rings (SSSR count). The number of hydrogen-bond donors (Lipinski definition) is 0. The molecule has 94 valence electrons. The molecular formula is C14H27NO. The van der Waals surface area contributed by atoms with Crippen LogP contribution in [0.25, 0.3) is 0 Å². The van der Waals surface area contributed by atoms with Gasteiger partial charge in [0.15, 0.2) is 0 Å². The fraction of sp³-hybridized carbons (Fsp3) is 1.00. The average molecular weight is 225 g/mol. The summed E-state index contributed by atoms with van der Waals surface area (Å²) in [4.78, 5) is 2.72. The van der Waals surface area contributed by atoms with E-state index in [4.69, 9.17) is 4.74 Å². The summed E-state index contributed by atoms with van der Waals surface area (Å²) < 4.78 is 5.54. The Kier molecular flexibility index (Phi) is 4.26. The maximum atomic E-state index is 5.54. The Balaban J connectivity index is 1.77. The smallest absolute Gasteiger partial charge is 0.0547 e. The molecule has 1 atom stereocenters. The van der Waals surface area contributed by atoms with Crippen molar-refractivity contribution in [2.45, 2.75) is 58.4 Å². The summed E-state index contributed by atoms with van der Waals surface area (Å²) in [6.07, 6.45) is 8.15. The van der Waals surface area contributed by atoms with Crippen molar-refractivity contribution in [1.82, 2.24) is 4.90 Å². The van der Waals surface area contributed by atoms with E-state index < -0.39 is 0 Å². The molecule has 0 bridgehead atoms. The fourth-order valence-electron chi connectivity index (χ4n) is 3.25. The molecule has 0 aromatic carbocycles. The van der Waals surface area contributed by atoms with E-state index in [2.05, 4.69) is 18.7 Å². The van der Waals surface area contributed by atoms with Crippen molar-refractivity contribution >= 4 is 0 Å². The zero-order valence-electron chi connectivity index (χ0n) is 11.0. The van der Waals surface area contributed by atoms with E-state index in [0.717, 1.165) is 19.3 Å². The number of hydrogen-bond acceptors (Lipinski definition) is 2. The number of nitrogens with zero attached hydrogens (tertiary/aromatic N) is 1. The van der Waals surface area contributed by atoms with Crippen LogP contribution in [-0.2, 0) is 4.74 Å². The summed E-state index contributed by atoms with van der Waals surface area (Å²) in [5.41, 5.74) is 0.568. The van der Waals surface area contributed by atoms with Crippen LogP contribution in [0.5, 0.6) is 0 Å². The largest absolute Gasteiger partial charge is 0.381 e. The molecule has 2 aliphatic rings. The van der Waals surface area contributed by atoms with Gasteiger partial charge >= 0.3 is 0 Å². The van der Waals surface area contributed by atoms with Crippen molar-refractivity contribution in [3.8, 4) is 0 Å². The van der Waals surface area contributed by atoms with Crippen LogP contribution in [-0.4, -0.2) is 37.2 Å². The summed E-state index contributed by atoms with van der Waals surface area (Å²) in [5, 5.41) is 0. The minimum Gasteiger partial charge on any atom is -0.381 e. The van der Waals surface area contributed by atoms with Crippen LogP contribution in [0.15, 0.2) is 0 Å². The highest BCUT2D eigenvalue weighted by Crippen LogP contribution is 2.40. The number of likely N-dealkylation sites (tertiary alicyclic amines) is 1. The topological polar surface area (TPSA) is 12.5 Å². The molecular weight excluding hydrogens is 198 g/mol. The predicted molar refractivity (Wildman–Crippen MR) is 67.7 cm³/mol. The van der Waals surface area contributed by atoms with Crippen molar-refractivity contribution in [3.63, 3.8) is 0 Å². The first-order valence-electron chi connectivity index (χ1n) is 7.11. The average Bonchev–Trinajstić information content (AvgIpc) is 2.71. The van der Waals surface area contributed by atoms with Gasteiger partial charge in [0.1, 0.15) is 0 Å². The van der Waals surface area contributed by atoms with Crippen LogP contribution < -0.4 is 0 Å². The first-order chi connectivity index (χ1) is 7.79. The lowest BCUT2D eigenvalue weighted by atomic mass is 9.77. The third-order valence-electron chi connectivity index (χ3n) is 4.29. The highest BCUT2D eigenvalue weighted by molar-refractivity contribution is 4.99. The van der Waals surface area contributed by atoms with Gasteiger partial charge in [0.25, 0.3) is 0 Å². The van der Waals surface area contributed by atoms with Gasteiger partial charge in [-0.15, -0.1) is 0 Å². The molecule has 0 N–H and O–H groups in total. The van der Waals surface area contributed by atoms with Gasteiger partial charge in [-0.3, -0.25) is 4.90 Å². The lowest BCUT2D eigenvalue weighted by molar-refractivity contribution is -0.0404. The lowest BCUT2D eigenvalue weighted by Gasteiger charge is -2.51. The van der Waals surface area contributed by atoms with E-state index in [-0.39, 0.29) is 0 Å². The van der Waals surface area contributed by atoms with Gasteiger partial charge in [-0.2, -0.15) is 0 Å². The van der Waals surface area contributed by atoms with Crippen LogP contribution in [0.1, 0.15) is 52.4 Å². The maximum absolute atomic E-state index is 5.54. The molecule has 0 aliphatic carbocycles. The highest BCUT2D eigenvalue weighted by Gasteiger charge is 2.47. The van der Waals surface area contributed by atoms with Gasteiger partial charge < -0.3 is 4.74 Å². The van der Waals surface area contributed by atoms with Gasteiger partial charge in [-0.05, 0) is 19.3 Å². The first kappa shape index (κ1) is 12.4. The lowest BCUT2D eigenvalue weighted by Crippen LogP contribution is -2.60. The van der Waals surface area contributed by atoms with Crippen LogP contribution in [0, 0.1) is 5.41 Å².